The highest BCUT2D eigenvalue weighted by Gasteiger charge is 2.16. The second-order valence-corrected chi connectivity index (χ2v) is 5.23. The third-order valence-corrected chi connectivity index (χ3v) is 3.03. The van der Waals surface area contributed by atoms with E-state index in [1.165, 1.54) is 6.26 Å². The predicted molar refractivity (Wildman–Crippen MR) is 63.1 cm³/mol. The number of halogens is 2. The minimum absolute atomic E-state index is 0.0392. The Bertz CT molecular complexity index is 398. The van der Waals surface area contributed by atoms with Crippen LogP contribution in [0.15, 0.2) is 4.90 Å². The first kappa shape index (κ1) is 12.7. The Kier molecular flexibility index (Phi) is 4.31. The van der Waals surface area contributed by atoms with Gasteiger partial charge in [-0.05, 0) is 25.4 Å². The minimum Gasteiger partial charge on any atom is -0.367 e. The van der Waals surface area contributed by atoms with Crippen LogP contribution in [-0.4, -0.2) is 26.5 Å². The number of nitrogens with one attached hydrogen (secondary N) is 1. The van der Waals surface area contributed by atoms with Gasteiger partial charge < -0.3 is 5.32 Å². The molecule has 0 aromatic carbocycles. The number of nitrogens with zero attached hydrogens (tertiary/aromatic N) is 2. The normalized spacial score (nSPS) is 12.9. The van der Waals surface area contributed by atoms with Crippen molar-refractivity contribution in [1.82, 2.24) is 9.97 Å². The van der Waals surface area contributed by atoms with Gasteiger partial charge in [-0.1, -0.05) is 11.6 Å². The summed E-state index contributed by atoms with van der Waals surface area (Å²) in [5, 5.41) is 3.19. The molecule has 0 spiro atoms. The largest absolute Gasteiger partial charge is 0.367 e. The summed E-state index contributed by atoms with van der Waals surface area (Å²) >= 11 is 11.5. The topological polar surface area (TPSA) is 54.9 Å². The van der Waals surface area contributed by atoms with E-state index in [0.29, 0.717) is 10.7 Å². The van der Waals surface area contributed by atoms with E-state index in [2.05, 4.69) is 15.3 Å². The monoisotopic (exact) mass is 267 g/mol. The third kappa shape index (κ3) is 3.29. The average molecular weight is 268 g/mol. The van der Waals surface area contributed by atoms with Gasteiger partial charge in [0.25, 0.3) is 0 Å². The molecule has 1 rings (SSSR count). The molecule has 0 bridgehead atoms. The first-order valence-corrected chi connectivity index (χ1v) is 6.56. The number of rotatable bonds is 3. The van der Waals surface area contributed by atoms with Crippen LogP contribution >= 0.6 is 23.2 Å². The first-order valence-electron chi connectivity index (χ1n) is 4.24. The highest BCUT2D eigenvalue weighted by atomic mass is 35.5. The van der Waals surface area contributed by atoms with Crippen LogP contribution in [0.5, 0.6) is 0 Å². The molecular formula is C8H11Cl2N3OS. The maximum atomic E-state index is 11.4. The number of hydrogen-bond donors (Lipinski definition) is 1. The van der Waals surface area contributed by atoms with Crippen LogP contribution < -0.4 is 5.32 Å². The summed E-state index contributed by atoms with van der Waals surface area (Å²) in [6.07, 6.45) is 1.52. The SMILES string of the molecule is CC(C)Nc1nc(Cl)nc(Cl)c1S(C)=O. The lowest BCUT2D eigenvalue weighted by atomic mass is 10.4. The fourth-order valence-electron chi connectivity index (χ4n) is 1.02. The van der Waals surface area contributed by atoms with Crippen molar-refractivity contribution in [3.63, 3.8) is 0 Å². The highest BCUT2D eigenvalue weighted by molar-refractivity contribution is 7.84. The van der Waals surface area contributed by atoms with Gasteiger partial charge in [-0.2, -0.15) is 4.98 Å². The van der Waals surface area contributed by atoms with Gasteiger partial charge in [-0.25, -0.2) is 4.98 Å². The number of anilines is 1. The maximum absolute atomic E-state index is 11.4. The molecule has 0 amide bonds. The fraction of sp³-hybridized carbons (Fsp3) is 0.500. The molecule has 84 valence electrons. The molecule has 1 aromatic rings. The van der Waals surface area contributed by atoms with Crippen molar-refractivity contribution in [2.45, 2.75) is 24.8 Å². The second kappa shape index (κ2) is 5.09. The van der Waals surface area contributed by atoms with Gasteiger partial charge in [-0.15, -0.1) is 0 Å². The quantitative estimate of drug-likeness (QED) is 0.675. The van der Waals surface area contributed by atoms with E-state index in [1.54, 1.807) is 0 Å². The zero-order valence-corrected chi connectivity index (χ0v) is 10.9. The molecule has 0 aliphatic carbocycles. The Labute approximate surface area is 101 Å². The van der Waals surface area contributed by atoms with Gasteiger partial charge in [0.15, 0.2) is 5.15 Å². The van der Waals surface area contributed by atoms with Crippen LogP contribution in [0.3, 0.4) is 0 Å². The van der Waals surface area contributed by atoms with Gasteiger partial charge in [0.1, 0.15) is 10.7 Å². The molecule has 0 radical (unpaired) electrons. The zero-order chi connectivity index (χ0) is 11.6. The molecule has 0 saturated carbocycles. The van der Waals surface area contributed by atoms with Crippen molar-refractivity contribution in [2.24, 2.45) is 0 Å². The van der Waals surface area contributed by atoms with Gasteiger partial charge in [0.2, 0.25) is 5.28 Å². The minimum atomic E-state index is -1.25. The molecule has 1 unspecified atom stereocenters. The molecule has 0 saturated heterocycles. The second-order valence-electron chi connectivity index (χ2n) is 3.21. The molecule has 0 aliphatic heterocycles. The third-order valence-electron chi connectivity index (χ3n) is 1.51. The molecule has 4 nitrogen and oxygen atoms in total. The smallest absolute Gasteiger partial charge is 0.225 e. The van der Waals surface area contributed by atoms with E-state index in [1.807, 2.05) is 13.8 Å². The molecular weight excluding hydrogens is 257 g/mol. The Morgan fingerprint density at radius 2 is 1.93 bits per heavy atom. The molecule has 1 heterocycles. The van der Waals surface area contributed by atoms with Gasteiger partial charge in [-0.3, -0.25) is 4.21 Å². The van der Waals surface area contributed by atoms with Crippen LogP contribution in [0, 0.1) is 0 Å². The molecule has 0 aliphatic rings. The Morgan fingerprint density at radius 1 is 1.33 bits per heavy atom. The summed E-state index contributed by atoms with van der Waals surface area (Å²) in [7, 11) is -1.25. The van der Waals surface area contributed by atoms with E-state index < -0.39 is 10.8 Å². The lowest BCUT2D eigenvalue weighted by Crippen LogP contribution is -2.14. The average Bonchev–Trinajstić information content (AvgIpc) is 1.99. The van der Waals surface area contributed by atoms with E-state index in [0.717, 1.165) is 0 Å². The molecule has 1 N–H and O–H groups in total. The van der Waals surface area contributed by atoms with Crippen molar-refractivity contribution in [3.05, 3.63) is 10.4 Å². The molecule has 1 atom stereocenters. The fourth-order valence-corrected chi connectivity index (χ4v) is 2.39. The van der Waals surface area contributed by atoms with Gasteiger partial charge >= 0.3 is 0 Å². The maximum Gasteiger partial charge on any atom is 0.225 e. The van der Waals surface area contributed by atoms with Gasteiger partial charge in [0, 0.05) is 12.3 Å². The molecule has 15 heavy (non-hydrogen) atoms. The van der Waals surface area contributed by atoms with E-state index >= 15 is 0 Å². The van der Waals surface area contributed by atoms with Gasteiger partial charge in [0.05, 0.1) is 10.8 Å². The number of aromatic nitrogens is 2. The zero-order valence-electron chi connectivity index (χ0n) is 8.54. The van der Waals surface area contributed by atoms with E-state index in [-0.39, 0.29) is 16.5 Å². The van der Waals surface area contributed by atoms with E-state index in [9.17, 15) is 4.21 Å². The first-order chi connectivity index (χ1) is 6.91. The number of hydrogen-bond acceptors (Lipinski definition) is 4. The highest BCUT2D eigenvalue weighted by Crippen LogP contribution is 2.26. The van der Waals surface area contributed by atoms with Crippen LogP contribution in [0.4, 0.5) is 5.82 Å². The van der Waals surface area contributed by atoms with Crippen LogP contribution in [-0.2, 0) is 10.8 Å². The summed E-state index contributed by atoms with van der Waals surface area (Å²) in [5.41, 5.74) is 0. The summed E-state index contributed by atoms with van der Waals surface area (Å²) in [6, 6.07) is 0.148. The lowest BCUT2D eigenvalue weighted by molar-refractivity contribution is 0.686. The van der Waals surface area contributed by atoms with Crippen LogP contribution in [0.25, 0.3) is 0 Å². The summed E-state index contributed by atoms with van der Waals surface area (Å²) in [5.74, 6) is 0.427. The molecule has 7 heteroatoms. The lowest BCUT2D eigenvalue weighted by Gasteiger charge is -2.12. The van der Waals surface area contributed by atoms with E-state index in [4.69, 9.17) is 23.2 Å². The molecule has 1 aromatic heterocycles. The summed E-state index contributed by atoms with van der Waals surface area (Å²) in [6.45, 7) is 3.87. The summed E-state index contributed by atoms with van der Waals surface area (Å²) < 4.78 is 11.4. The van der Waals surface area contributed by atoms with Crippen LogP contribution in [0.1, 0.15) is 13.8 Å². The predicted octanol–water partition coefficient (Wildman–Crippen LogP) is 2.34. The van der Waals surface area contributed by atoms with Crippen molar-refractivity contribution in [1.29, 1.82) is 0 Å². The Hall–Kier alpha value is -0.390. The van der Waals surface area contributed by atoms with Crippen LogP contribution in [0.2, 0.25) is 10.4 Å². The Balaban J connectivity index is 3.27. The summed E-state index contributed by atoms with van der Waals surface area (Å²) in [4.78, 5) is 8.09. The van der Waals surface area contributed by atoms with Crippen molar-refractivity contribution in [2.75, 3.05) is 11.6 Å². The van der Waals surface area contributed by atoms with Crippen molar-refractivity contribution in [3.8, 4) is 0 Å². The Morgan fingerprint density at radius 3 is 2.40 bits per heavy atom. The van der Waals surface area contributed by atoms with Crippen molar-refractivity contribution < 1.29 is 4.21 Å². The van der Waals surface area contributed by atoms with Crippen molar-refractivity contribution >= 4 is 39.8 Å². The standard InChI is InChI=1S/C8H11Cl2N3OS/c1-4(2)11-7-5(15(3)14)6(9)12-8(10)13-7/h4H,1-3H3,(H,11,12,13). The molecule has 0 fully saturated rings.